The van der Waals surface area contributed by atoms with Crippen molar-refractivity contribution in [3.63, 3.8) is 0 Å². The Hall–Kier alpha value is -2.62. The first kappa shape index (κ1) is 16.2. The molecule has 0 aromatic heterocycles. The number of benzene rings is 3. The fourth-order valence-electron chi connectivity index (χ4n) is 2.63. The van der Waals surface area contributed by atoms with Gasteiger partial charge in [0.1, 0.15) is 17.5 Å². The van der Waals surface area contributed by atoms with Gasteiger partial charge in [0.15, 0.2) is 0 Å². The lowest BCUT2D eigenvalue weighted by molar-refractivity contribution is 0.494. The zero-order valence-electron chi connectivity index (χ0n) is 12.7. The second kappa shape index (κ2) is 6.87. The number of hydrogen-bond acceptors (Lipinski definition) is 0. The largest absolute Gasteiger partial charge is 0.251 e. The molecule has 0 nitrogen and oxygen atoms in total. The van der Waals surface area contributed by atoms with Gasteiger partial charge in [-0.1, -0.05) is 36.4 Å². The molecule has 3 aromatic carbocycles. The molecule has 0 bridgehead atoms. The number of halogens is 4. The van der Waals surface area contributed by atoms with Crippen LogP contribution in [0.15, 0.2) is 60.7 Å². The molecule has 0 atom stereocenters. The Morgan fingerprint density at radius 2 is 1.33 bits per heavy atom. The number of aryl methyl sites for hydroxylation is 1. The van der Waals surface area contributed by atoms with Gasteiger partial charge >= 0.3 is 0 Å². The molecule has 0 aliphatic heterocycles. The molecule has 3 rings (SSSR count). The second-order valence-corrected chi connectivity index (χ2v) is 5.46. The van der Waals surface area contributed by atoms with E-state index in [4.69, 9.17) is 0 Å². The molecule has 0 saturated carbocycles. The van der Waals surface area contributed by atoms with E-state index in [1.807, 2.05) is 0 Å². The lowest BCUT2D eigenvalue weighted by Crippen LogP contribution is -1.92. The third kappa shape index (κ3) is 3.32. The van der Waals surface area contributed by atoms with Crippen LogP contribution in [-0.2, 0) is 6.42 Å². The van der Waals surface area contributed by atoms with Gasteiger partial charge < -0.3 is 0 Å². The van der Waals surface area contributed by atoms with Crippen molar-refractivity contribution in [1.82, 2.24) is 0 Å². The summed E-state index contributed by atoms with van der Waals surface area (Å²) in [6, 6.07) is 14.3. The molecule has 0 radical (unpaired) electrons. The Balaban J connectivity index is 1.98. The van der Waals surface area contributed by atoms with Gasteiger partial charge in [0.25, 0.3) is 0 Å². The third-order valence-electron chi connectivity index (χ3n) is 3.83. The van der Waals surface area contributed by atoms with Crippen molar-refractivity contribution in [3.05, 3.63) is 83.7 Å². The van der Waals surface area contributed by atoms with E-state index < -0.39 is 24.1 Å². The molecule has 3 aromatic rings. The highest BCUT2D eigenvalue weighted by Crippen LogP contribution is 2.30. The van der Waals surface area contributed by atoms with Crippen LogP contribution in [-0.4, -0.2) is 6.67 Å². The molecule has 0 N–H and O–H groups in total. The van der Waals surface area contributed by atoms with E-state index in [9.17, 15) is 17.6 Å². The van der Waals surface area contributed by atoms with Crippen molar-refractivity contribution in [2.24, 2.45) is 0 Å². The van der Waals surface area contributed by atoms with Gasteiger partial charge in [-0.25, -0.2) is 13.2 Å². The van der Waals surface area contributed by atoms with Gasteiger partial charge in [-0.3, -0.25) is 4.39 Å². The molecule has 0 amide bonds. The highest BCUT2D eigenvalue weighted by Gasteiger charge is 2.11. The van der Waals surface area contributed by atoms with E-state index in [-0.39, 0.29) is 17.5 Å². The summed E-state index contributed by atoms with van der Waals surface area (Å²) in [4.78, 5) is 0. The van der Waals surface area contributed by atoms with Crippen LogP contribution in [0.3, 0.4) is 0 Å². The minimum Gasteiger partial charge on any atom is -0.251 e. The van der Waals surface area contributed by atoms with Crippen LogP contribution in [0, 0.1) is 17.5 Å². The van der Waals surface area contributed by atoms with Crippen LogP contribution in [0.5, 0.6) is 0 Å². The SMILES string of the molecule is FCCc1ccc(-c2ccc(-c3cccc(F)c3)c(F)c2)c(F)c1. The molecular weight excluding hydrogens is 316 g/mol. The first-order valence-corrected chi connectivity index (χ1v) is 7.49. The quantitative estimate of drug-likeness (QED) is 0.519. The van der Waals surface area contributed by atoms with Gasteiger partial charge in [-0.2, -0.15) is 0 Å². The average Bonchev–Trinajstić information content (AvgIpc) is 2.55. The summed E-state index contributed by atoms with van der Waals surface area (Å²) in [7, 11) is 0. The van der Waals surface area contributed by atoms with Crippen LogP contribution in [0.1, 0.15) is 5.56 Å². The molecule has 24 heavy (non-hydrogen) atoms. The van der Waals surface area contributed by atoms with Crippen LogP contribution in [0.2, 0.25) is 0 Å². The van der Waals surface area contributed by atoms with Crippen LogP contribution in [0.4, 0.5) is 17.6 Å². The summed E-state index contributed by atoms with van der Waals surface area (Å²) in [5.41, 5.74) is 1.82. The molecule has 0 aliphatic carbocycles. The monoisotopic (exact) mass is 330 g/mol. The van der Waals surface area contributed by atoms with E-state index in [1.165, 1.54) is 42.5 Å². The zero-order valence-corrected chi connectivity index (χ0v) is 12.7. The van der Waals surface area contributed by atoms with Gasteiger partial charge in [-0.15, -0.1) is 0 Å². The summed E-state index contributed by atoms with van der Waals surface area (Å²) in [5, 5.41) is 0. The van der Waals surface area contributed by atoms with Gasteiger partial charge in [-0.05, 0) is 41.0 Å². The first-order valence-electron chi connectivity index (χ1n) is 7.49. The Bertz CT molecular complexity index is 871. The van der Waals surface area contributed by atoms with Crippen LogP contribution in [0.25, 0.3) is 22.3 Å². The topological polar surface area (TPSA) is 0 Å². The summed E-state index contributed by atoms with van der Waals surface area (Å²) < 4.78 is 54.2. The summed E-state index contributed by atoms with van der Waals surface area (Å²) >= 11 is 0. The van der Waals surface area contributed by atoms with Gasteiger partial charge in [0.05, 0.1) is 6.67 Å². The molecule has 0 aliphatic rings. The minimum atomic E-state index is -0.565. The van der Waals surface area contributed by atoms with Gasteiger partial charge in [0, 0.05) is 17.5 Å². The Morgan fingerprint density at radius 3 is 1.96 bits per heavy atom. The maximum Gasteiger partial charge on any atom is 0.131 e. The summed E-state index contributed by atoms with van der Waals surface area (Å²) in [6.45, 7) is -0.560. The summed E-state index contributed by atoms with van der Waals surface area (Å²) in [6.07, 6.45) is 0.143. The van der Waals surface area contributed by atoms with Crippen LogP contribution < -0.4 is 0 Å². The van der Waals surface area contributed by atoms with Crippen molar-refractivity contribution in [2.45, 2.75) is 6.42 Å². The molecule has 0 fully saturated rings. The number of hydrogen-bond donors (Lipinski definition) is 0. The lowest BCUT2D eigenvalue weighted by atomic mass is 9.98. The van der Waals surface area contributed by atoms with E-state index in [0.717, 1.165) is 0 Å². The van der Waals surface area contributed by atoms with Crippen LogP contribution >= 0.6 is 0 Å². The predicted molar refractivity (Wildman–Crippen MR) is 86.9 cm³/mol. The summed E-state index contributed by atoms with van der Waals surface area (Å²) in [5.74, 6) is -1.55. The fourth-order valence-corrected chi connectivity index (χ4v) is 2.63. The minimum absolute atomic E-state index is 0.143. The molecule has 122 valence electrons. The third-order valence-corrected chi connectivity index (χ3v) is 3.83. The fraction of sp³-hybridized carbons (Fsp3) is 0.100. The molecule has 4 heteroatoms. The smallest absolute Gasteiger partial charge is 0.131 e. The molecule has 0 saturated heterocycles. The Kier molecular flexibility index (Phi) is 4.65. The molecule has 0 spiro atoms. The molecule has 0 heterocycles. The van der Waals surface area contributed by atoms with E-state index in [0.29, 0.717) is 16.7 Å². The normalized spacial score (nSPS) is 10.8. The van der Waals surface area contributed by atoms with Crippen molar-refractivity contribution in [2.75, 3.05) is 6.67 Å². The van der Waals surface area contributed by atoms with E-state index >= 15 is 0 Å². The highest BCUT2D eigenvalue weighted by atomic mass is 19.1. The standard InChI is InChI=1S/C20H14F4/c21-9-8-13-4-6-17(19(23)10-13)15-5-7-18(20(24)12-15)14-2-1-3-16(22)11-14/h1-7,10-12H,8-9H2. The van der Waals surface area contributed by atoms with E-state index in [2.05, 4.69) is 0 Å². The highest BCUT2D eigenvalue weighted by molar-refractivity contribution is 5.71. The predicted octanol–water partition coefficient (Wildman–Crippen LogP) is 5.95. The second-order valence-electron chi connectivity index (χ2n) is 5.46. The lowest BCUT2D eigenvalue weighted by Gasteiger charge is -2.09. The van der Waals surface area contributed by atoms with Crippen molar-refractivity contribution < 1.29 is 17.6 Å². The average molecular weight is 330 g/mol. The maximum absolute atomic E-state index is 14.4. The molecule has 0 unspecified atom stereocenters. The molecular formula is C20H14F4. The number of rotatable bonds is 4. The Morgan fingerprint density at radius 1 is 0.667 bits per heavy atom. The first-order chi connectivity index (χ1) is 11.6. The van der Waals surface area contributed by atoms with E-state index in [1.54, 1.807) is 18.2 Å². The van der Waals surface area contributed by atoms with Crippen molar-refractivity contribution >= 4 is 0 Å². The number of alkyl halides is 1. The zero-order chi connectivity index (χ0) is 17.1. The van der Waals surface area contributed by atoms with Gasteiger partial charge in [0.2, 0.25) is 0 Å². The van der Waals surface area contributed by atoms with Crippen molar-refractivity contribution in [1.29, 1.82) is 0 Å². The Labute approximate surface area is 137 Å². The maximum atomic E-state index is 14.4. The van der Waals surface area contributed by atoms with Crippen molar-refractivity contribution in [3.8, 4) is 22.3 Å².